The number of aromatic nitrogens is 5. The first-order valence-corrected chi connectivity index (χ1v) is 9.56. The summed E-state index contributed by atoms with van der Waals surface area (Å²) in [6.07, 6.45) is 3.34. The van der Waals surface area contributed by atoms with Gasteiger partial charge in [-0.25, -0.2) is 14.1 Å². The van der Waals surface area contributed by atoms with Gasteiger partial charge in [-0.2, -0.15) is 0 Å². The van der Waals surface area contributed by atoms with Gasteiger partial charge in [0.2, 0.25) is 0 Å². The van der Waals surface area contributed by atoms with Gasteiger partial charge in [-0.1, -0.05) is 23.4 Å². The minimum Gasteiger partial charge on any atom is -0.337 e. The third-order valence-corrected chi connectivity index (χ3v) is 4.99. The van der Waals surface area contributed by atoms with Crippen molar-refractivity contribution in [1.82, 2.24) is 29.9 Å². The number of amides is 1. The van der Waals surface area contributed by atoms with Crippen molar-refractivity contribution in [1.29, 1.82) is 0 Å². The highest BCUT2D eigenvalue weighted by atomic mass is 19.1. The third kappa shape index (κ3) is 3.95. The lowest BCUT2D eigenvalue weighted by Gasteiger charge is -2.19. The van der Waals surface area contributed by atoms with Gasteiger partial charge in [-0.3, -0.25) is 14.9 Å². The highest BCUT2D eigenvalue weighted by Gasteiger charge is 2.25. The second-order valence-electron chi connectivity index (χ2n) is 7.07. The largest absolute Gasteiger partial charge is 0.337 e. The first kappa shape index (κ1) is 20.8. The standard InChI is InChI=1S/C21H18FN7O3/c1-13-18(25-26-28(13)16-4-3-5-17(12-16)29(31)32)21(30)24-19(20-23-10-11-27(20)2)14-6-8-15(22)9-7-14/h3-12,19H,1-2H3,(H,24,30). The van der Waals surface area contributed by atoms with Crippen LogP contribution in [0.1, 0.15) is 33.6 Å². The van der Waals surface area contributed by atoms with E-state index in [4.69, 9.17) is 0 Å². The molecule has 0 fully saturated rings. The molecule has 1 N–H and O–H groups in total. The minimum absolute atomic E-state index is 0.0535. The van der Waals surface area contributed by atoms with E-state index in [1.54, 1.807) is 49.1 Å². The molecule has 11 heteroatoms. The first-order valence-electron chi connectivity index (χ1n) is 9.56. The molecular weight excluding hydrogens is 417 g/mol. The van der Waals surface area contributed by atoms with Crippen molar-refractivity contribution in [2.75, 3.05) is 0 Å². The molecule has 0 saturated heterocycles. The molecule has 0 spiro atoms. The number of carbonyl (C=O) groups excluding carboxylic acids is 1. The smallest absolute Gasteiger partial charge is 0.274 e. The number of nitrogens with one attached hydrogen (secondary N) is 1. The second kappa shape index (κ2) is 8.38. The summed E-state index contributed by atoms with van der Waals surface area (Å²) < 4.78 is 16.5. The molecule has 1 amide bonds. The maximum absolute atomic E-state index is 13.4. The van der Waals surface area contributed by atoms with E-state index in [0.29, 0.717) is 22.8 Å². The predicted octanol–water partition coefficient (Wildman–Crippen LogP) is 2.88. The monoisotopic (exact) mass is 435 g/mol. The van der Waals surface area contributed by atoms with E-state index < -0.39 is 22.7 Å². The fourth-order valence-electron chi connectivity index (χ4n) is 3.33. The molecule has 0 aliphatic carbocycles. The molecule has 0 saturated carbocycles. The summed E-state index contributed by atoms with van der Waals surface area (Å²) in [5.74, 6) is -0.361. The Bertz CT molecular complexity index is 1300. The number of nitro benzene ring substituents is 1. The molecule has 2 heterocycles. The lowest BCUT2D eigenvalue weighted by atomic mass is 10.1. The minimum atomic E-state index is -0.662. The second-order valence-corrected chi connectivity index (χ2v) is 7.07. The summed E-state index contributed by atoms with van der Waals surface area (Å²) in [6.45, 7) is 1.64. The normalized spacial score (nSPS) is 11.8. The summed E-state index contributed by atoms with van der Waals surface area (Å²) in [5, 5.41) is 21.9. The number of halogens is 1. The number of hydrogen-bond donors (Lipinski definition) is 1. The van der Waals surface area contributed by atoms with E-state index in [-0.39, 0.29) is 11.4 Å². The van der Waals surface area contributed by atoms with Crippen LogP contribution in [0.15, 0.2) is 60.9 Å². The van der Waals surface area contributed by atoms with Crippen molar-refractivity contribution < 1.29 is 14.1 Å². The number of carbonyl (C=O) groups is 1. The van der Waals surface area contributed by atoms with Gasteiger partial charge in [-0.05, 0) is 30.7 Å². The molecule has 2 aromatic heterocycles. The summed E-state index contributed by atoms with van der Waals surface area (Å²) in [6, 6.07) is 11.0. The summed E-state index contributed by atoms with van der Waals surface area (Å²) in [7, 11) is 1.79. The zero-order chi connectivity index (χ0) is 22.8. The van der Waals surface area contributed by atoms with E-state index in [9.17, 15) is 19.3 Å². The van der Waals surface area contributed by atoms with E-state index in [1.165, 1.54) is 35.0 Å². The zero-order valence-corrected chi connectivity index (χ0v) is 17.1. The zero-order valence-electron chi connectivity index (χ0n) is 17.1. The third-order valence-electron chi connectivity index (χ3n) is 4.99. The van der Waals surface area contributed by atoms with Crippen LogP contribution in [0.25, 0.3) is 5.69 Å². The number of rotatable bonds is 6. The van der Waals surface area contributed by atoms with Crippen LogP contribution in [0.5, 0.6) is 0 Å². The SMILES string of the molecule is Cc1c(C(=O)NC(c2ccc(F)cc2)c2nccn2C)nnn1-c1cccc([N+](=O)[O-])c1. The Morgan fingerprint density at radius 2 is 1.97 bits per heavy atom. The van der Waals surface area contributed by atoms with E-state index in [0.717, 1.165) is 0 Å². The van der Waals surface area contributed by atoms with Crippen LogP contribution in [-0.4, -0.2) is 35.4 Å². The predicted molar refractivity (Wildman–Crippen MR) is 112 cm³/mol. The lowest BCUT2D eigenvalue weighted by Crippen LogP contribution is -2.31. The number of imidazole rings is 1. The number of aryl methyl sites for hydroxylation is 1. The van der Waals surface area contributed by atoms with Crippen LogP contribution >= 0.6 is 0 Å². The molecule has 0 radical (unpaired) electrons. The maximum Gasteiger partial charge on any atom is 0.274 e. The molecule has 162 valence electrons. The summed E-state index contributed by atoms with van der Waals surface area (Å²) in [4.78, 5) is 28.0. The molecule has 0 aliphatic heterocycles. The van der Waals surface area contributed by atoms with Crippen molar-refractivity contribution in [3.05, 3.63) is 99.6 Å². The van der Waals surface area contributed by atoms with Gasteiger partial charge in [0.15, 0.2) is 5.69 Å². The molecule has 4 rings (SSSR count). The van der Waals surface area contributed by atoms with Crippen LogP contribution in [0, 0.1) is 22.9 Å². The highest BCUT2D eigenvalue weighted by Crippen LogP contribution is 2.23. The Balaban J connectivity index is 1.66. The highest BCUT2D eigenvalue weighted by molar-refractivity contribution is 5.93. The van der Waals surface area contributed by atoms with Gasteiger partial charge >= 0.3 is 0 Å². The molecule has 2 aromatic carbocycles. The molecule has 32 heavy (non-hydrogen) atoms. The molecule has 0 bridgehead atoms. The maximum atomic E-state index is 13.4. The Morgan fingerprint density at radius 1 is 1.22 bits per heavy atom. The van der Waals surface area contributed by atoms with Gasteiger partial charge in [0.25, 0.3) is 11.6 Å². The van der Waals surface area contributed by atoms with Crippen LogP contribution in [0.4, 0.5) is 10.1 Å². The van der Waals surface area contributed by atoms with Gasteiger partial charge in [0, 0.05) is 31.6 Å². The van der Waals surface area contributed by atoms with Gasteiger partial charge in [0.1, 0.15) is 17.7 Å². The van der Waals surface area contributed by atoms with Crippen molar-refractivity contribution in [3.8, 4) is 5.69 Å². The lowest BCUT2D eigenvalue weighted by molar-refractivity contribution is -0.384. The Hall–Kier alpha value is -4.41. The Labute approximate surface area is 181 Å². The fraction of sp³-hybridized carbons (Fsp3) is 0.143. The van der Waals surface area contributed by atoms with Gasteiger partial charge in [-0.15, -0.1) is 5.10 Å². The van der Waals surface area contributed by atoms with E-state index >= 15 is 0 Å². The first-order chi connectivity index (χ1) is 15.3. The molecule has 10 nitrogen and oxygen atoms in total. The van der Waals surface area contributed by atoms with Crippen LogP contribution in [0.3, 0.4) is 0 Å². The molecule has 0 aliphatic rings. The van der Waals surface area contributed by atoms with E-state index in [1.807, 2.05) is 0 Å². The van der Waals surface area contributed by atoms with Gasteiger partial charge < -0.3 is 9.88 Å². The van der Waals surface area contributed by atoms with E-state index in [2.05, 4.69) is 20.6 Å². The summed E-state index contributed by atoms with van der Waals surface area (Å²) >= 11 is 0. The molecular formula is C21H18FN7O3. The van der Waals surface area contributed by atoms with Crippen molar-refractivity contribution in [3.63, 3.8) is 0 Å². The topological polar surface area (TPSA) is 121 Å². The quantitative estimate of drug-likeness (QED) is 0.367. The van der Waals surface area contributed by atoms with Crippen molar-refractivity contribution >= 4 is 11.6 Å². The number of nitrogens with zero attached hydrogens (tertiary/aromatic N) is 6. The number of non-ortho nitro benzene ring substituents is 1. The Morgan fingerprint density at radius 3 is 2.62 bits per heavy atom. The van der Waals surface area contributed by atoms with Crippen molar-refractivity contribution in [2.45, 2.75) is 13.0 Å². The number of nitro groups is 1. The molecule has 4 aromatic rings. The van der Waals surface area contributed by atoms with Crippen LogP contribution in [-0.2, 0) is 7.05 Å². The van der Waals surface area contributed by atoms with Crippen LogP contribution in [0.2, 0.25) is 0 Å². The molecule has 1 unspecified atom stereocenters. The summed E-state index contributed by atoms with van der Waals surface area (Å²) in [5.41, 5.74) is 1.40. The van der Waals surface area contributed by atoms with Crippen LogP contribution < -0.4 is 5.32 Å². The molecule has 1 atom stereocenters. The van der Waals surface area contributed by atoms with Crippen molar-refractivity contribution in [2.24, 2.45) is 7.05 Å². The van der Waals surface area contributed by atoms with Gasteiger partial charge in [0.05, 0.1) is 16.3 Å². The number of benzene rings is 2. The Kier molecular flexibility index (Phi) is 5.46. The number of hydrogen-bond acceptors (Lipinski definition) is 6. The fourth-order valence-corrected chi connectivity index (χ4v) is 3.33. The average Bonchev–Trinajstić information content (AvgIpc) is 3.38. The average molecular weight is 435 g/mol.